The molecule has 0 amide bonds. The second kappa shape index (κ2) is 6.70. The zero-order valence-electron chi connectivity index (χ0n) is 12.7. The van der Waals surface area contributed by atoms with Crippen molar-refractivity contribution in [2.45, 2.75) is 45.4 Å². The van der Waals surface area contributed by atoms with Gasteiger partial charge in [-0.1, -0.05) is 36.8 Å². The fraction of sp³-hybridized carbons (Fsp3) is 0.444. The second-order valence-electron chi connectivity index (χ2n) is 5.67. The van der Waals surface area contributed by atoms with Gasteiger partial charge >= 0.3 is 0 Å². The summed E-state index contributed by atoms with van der Waals surface area (Å²) < 4.78 is 0. The smallest absolute Gasteiger partial charge is 0.135 e. The number of nitrogens with zero attached hydrogens (tertiary/aromatic N) is 2. The highest BCUT2D eigenvalue weighted by atomic mass is 15.0. The Bertz CT molecular complexity index is 593. The number of anilines is 1. The van der Waals surface area contributed by atoms with Crippen LogP contribution in [0.5, 0.6) is 0 Å². The van der Waals surface area contributed by atoms with Crippen LogP contribution in [0.4, 0.5) is 5.82 Å². The molecular formula is C18H23N3. The third kappa shape index (κ3) is 3.41. The molecule has 3 heteroatoms. The van der Waals surface area contributed by atoms with Crippen molar-refractivity contribution in [1.82, 2.24) is 9.97 Å². The third-order valence-electron chi connectivity index (χ3n) is 4.03. The molecule has 1 aromatic heterocycles. The van der Waals surface area contributed by atoms with Crippen LogP contribution in [0.2, 0.25) is 0 Å². The van der Waals surface area contributed by atoms with Gasteiger partial charge in [0.15, 0.2) is 0 Å². The van der Waals surface area contributed by atoms with Crippen LogP contribution in [0.1, 0.15) is 48.8 Å². The Morgan fingerprint density at radius 2 is 1.81 bits per heavy atom. The summed E-state index contributed by atoms with van der Waals surface area (Å²) in [5.74, 6) is 2.01. The maximum Gasteiger partial charge on any atom is 0.135 e. The van der Waals surface area contributed by atoms with Gasteiger partial charge in [0.05, 0.1) is 0 Å². The van der Waals surface area contributed by atoms with Gasteiger partial charge in [0.1, 0.15) is 11.6 Å². The first-order valence-corrected chi connectivity index (χ1v) is 8.03. The molecule has 0 bridgehead atoms. The van der Waals surface area contributed by atoms with Gasteiger partial charge < -0.3 is 5.32 Å². The number of aromatic nitrogens is 2. The maximum atomic E-state index is 4.86. The van der Waals surface area contributed by atoms with E-state index in [4.69, 9.17) is 9.97 Å². The van der Waals surface area contributed by atoms with Crippen molar-refractivity contribution < 1.29 is 0 Å². The zero-order valence-corrected chi connectivity index (χ0v) is 12.7. The predicted octanol–water partition coefficient (Wildman–Crippen LogP) is 3.77. The van der Waals surface area contributed by atoms with Crippen molar-refractivity contribution in [3.63, 3.8) is 0 Å². The SMILES string of the molecule is CCNc1nc(Cc2ccccc2)nc2c1CCCCC2. The van der Waals surface area contributed by atoms with Crippen molar-refractivity contribution in [1.29, 1.82) is 0 Å². The number of aryl methyl sites for hydroxylation is 1. The maximum absolute atomic E-state index is 4.86. The number of hydrogen-bond acceptors (Lipinski definition) is 3. The minimum absolute atomic E-state index is 0.812. The van der Waals surface area contributed by atoms with Gasteiger partial charge in [-0.3, -0.25) is 0 Å². The van der Waals surface area contributed by atoms with Crippen LogP contribution in [-0.2, 0) is 19.3 Å². The average Bonchev–Trinajstić information content (AvgIpc) is 2.74. The Kier molecular flexibility index (Phi) is 4.49. The minimum Gasteiger partial charge on any atom is -0.370 e. The molecule has 1 aromatic carbocycles. The van der Waals surface area contributed by atoms with E-state index in [1.807, 2.05) is 6.07 Å². The Balaban J connectivity index is 1.94. The molecule has 0 radical (unpaired) electrons. The van der Waals surface area contributed by atoms with E-state index in [9.17, 15) is 0 Å². The zero-order chi connectivity index (χ0) is 14.5. The van der Waals surface area contributed by atoms with Crippen molar-refractivity contribution in [3.8, 4) is 0 Å². The van der Waals surface area contributed by atoms with Crippen LogP contribution < -0.4 is 5.32 Å². The van der Waals surface area contributed by atoms with Gasteiger partial charge in [-0.05, 0) is 38.2 Å². The van der Waals surface area contributed by atoms with Crippen LogP contribution in [0, 0.1) is 0 Å². The lowest BCUT2D eigenvalue weighted by Gasteiger charge is -2.14. The second-order valence-corrected chi connectivity index (χ2v) is 5.67. The van der Waals surface area contributed by atoms with Gasteiger partial charge in [-0.15, -0.1) is 0 Å². The summed E-state index contributed by atoms with van der Waals surface area (Å²) in [6.45, 7) is 3.04. The van der Waals surface area contributed by atoms with Crippen LogP contribution in [0.3, 0.4) is 0 Å². The quantitative estimate of drug-likeness (QED) is 0.867. The fourth-order valence-corrected chi connectivity index (χ4v) is 2.99. The Morgan fingerprint density at radius 1 is 1.00 bits per heavy atom. The normalized spacial score (nSPS) is 14.3. The molecule has 21 heavy (non-hydrogen) atoms. The highest BCUT2D eigenvalue weighted by Crippen LogP contribution is 2.25. The Hall–Kier alpha value is -1.90. The lowest BCUT2D eigenvalue weighted by atomic mass is 10.1. The summed E-state index contributed by atoms with van der Waals surface area (Å²) in [7, 11) is 0. The van der Waals surface area contributed by atoms with Gasteiger partial charge in [-0.25, -0.2) is 9.97 Å². The van der Waals surface area contributed by atoms with Crippen LogP contribution in [0.15, 0.2) is 30.3 Å². The number of rotatable bonds is 4. The molecule has 0 fully saturated rings. The number of hydrogen-bond donors (Lipinski definition) is 1. The molecule has 0 aliphatic heterocycles. The summed E-state index contributed by atoms with van der Waals surface area (Å²) in [5.41, 5.74) is 3.89. The number of nitrogens with one attached hydrogen (secondary N) is 1. The van der Waals surface area contributed by atoms with Crippen LogP contribution in [-0.4, -0.2) is 16.5 Å². The van der Waals surface area contributed by atoms with Gasteiger partial charge in [0.25, 0.3) is 0 Å². The predicted molar refractivity (Wildman–Crippen MR) is 86.7 cm³/mol. The summed E-state index contributed by atoms with van der Waals surface area (Å²) in [6.07, 6.45) is 6.83. The molecule has 1 aliphatic carbocycles. The van der Waals surface area contributed by atoms with E-state index >= 15 is 0 Å². The molecule has 0 spiro atoms. The van der Waals surface area contributed by atoms with Gasteiger partial charge in [0.2, 0.25) is 0 Å². The van der Waals surface area contributed by atoms with Gasteiger partial charge in [0, 0.05) is 24.2 Å². The highest BCUT2D eigenvalue weighted by molar-refractivity contribution is 5.47. The highest BCUT2D eigenvalue weighted by Gasteiger charge is 2.16. The largest absolute Gasteiger partial charge is 0.370 e. The molecule has 0 saturated heterocycles. The monoisotopic (exact) mass is 281 g/mol. The summed E-state index contributed by atoms with van der Waals surface area (Å²) in [5, 5.41) is 3.44. The van der Waals surface area contributed by atoms with Crippen molar-refractivity contribution >= 4 is 5.82 Å². The first-order valence-electron chi connectivity index (χ1n) is 8.03. The minimum atomic E-state index is 0.812. The van der Waals surface area contributed by atoms with E-state index in [0.29, 0.717) is 0 Å². The average molecular weight is 281 g/mol. The molecule has 0 saturated carbocycles. The van der Waals surface area contributed by atoms with E-state index in [-0.39, 0.29) is 0 Å². The van der Waals surface area contributed by atoms with E-state index < -0.39 is 0 Å². The molecule has 0 atom stereocenters. The van der Waals surface area contributed by atoms with Crippen molar-refractivity contribution in [2.24, 2.45) is 0 Å². The van der Waals surface area contributed by atoms with E-state index in [0.717, 1.165) is 37.4 Å². The Labute approximate surface area is 126 Å². The third-order valence-corrected chi connectivity index (χ3v) is 4.03. The lowest BCUT2D eigenvalue weighted by Crippen LogP contribution is -2.11. The molecule has 0 unspecified atom stereocenters. The first kappa shape index (κ1) is 14.1. The fourth-order valence-electron chi connectivity index (χ4n) is 2.99. The standard InChI is InChI=1S/C18H23N3/c1-2-19-18-15-11-7-4-8-12-16(15)20-17(21-18)13-14-9-5-3-6-10-14/h3,5-6,9-10H,2,4,7-8,11-13H2,1H3,(H,19,20,21). The van der Waals surface area contributed by atoms with Crippen molar-refractivity contribution in [3.05, 3.63) is 53.0 Å². The summed E-state index contributed by atoms with van der Waals surface area (Å²) in [6, 6.07) is 10.5. The summed E-state index contributed by atoms with van der Waals surface area (Å²) >= 11 is 0. The van der Waals surface area contributed by atoms with Crippen molar-refractivity contribution in [2.75, 3.05) is 11.9 Å². The molecule has 1 aliphatic rings. The molecule has 1 N–H and O–H groups in total. The molecule has 110 valence electrons. The Morgan fingerprint density at radius 3 is 2.62 bits per heavy atom. The van der Waals surface area contributed by atoms with E-state index in [1.165, 1.54) is 36.1 Å². The van der Waals surface area contributed by atoms with Gasteiger partial charge in [-0.2, -0.15) is 0 Å². The summed E-state index contributed by atoms with van der Waals surface area (Å²) in [4.78, 5) is 9.65. The molecule has 3 rings (SSSR count). The van der Waals surface area contributed by atoms with E-state index in [2.05, 4.69) is 36.5 Å². The number of benzene rings is 1. The molecule has 2 aromatic rings. The topological polar surface area (TPSA) is 37.8 Å². The molecular weight excluding hydrogens is 258 g/mol. The van der Waals surface area contributed by atoms with Crippen LogP contribution in [0.25, 0.3) is 0 Å². The molecule has 1 heterocycles. The number of fused-ring (bicyclic) bond motifs is 1. The first-order chi connectivity index (χ1) is 10.4. The van der Waals surface area contributed by atoms with Crippen LogP contribution >= 0.6 is 0 Å². The molecule has 3 nitrogen and oxygen atoms in total. The lowest BCUT2D eigenvalue weighted by molar-refractivity contribution is 0.708. The van der Waals surface area contributed by atoms with E-state index in [1.54, 1.807) is 0 Å².